The number of nitrogens with one attached hydrogen (secondary N) is 2. The molecule has 8 heteroatoms. The molecule has 0 bridgehead atoms. The molecular formula is C23H35N7O. The van der Waals surface area contributed by atoms with E-state index in [2.05, 4.69) is 67.9 Å². The van der Waals surface area contributed by atoms with Crippen LogP contribution in [-0.2, 0) is 30.9 Å². The molecule has 3 unspecified atom stereocenters. The fourth-order valence-corrected chi connectivity index (χ4v) is 4.70. The number of methoxy groups -OCH3 is 1. The summed E-state index contributed by atoms with van der Waals surface area (Å²) in [6.45, 7) is 6.69. The smallest absolute Gasteiger partial charge is 0.191 e. The molecule has 3 heterocycles. The Labute approximate surface area is 185 Å². The van der Waals surface area contributed by atoms with Crippen LogP contribution in [0, 0.1) is 5.92 Å². The summed E-state index contributed by atoms with van der Waals surface area (Å²) in [5, 5.41) is 11.7. The van der Waals surface area contributed by atoms with Gasteiger partial charge in [0.05, 0.1) is 6.54 Å². The van der Waals surface area contributed by atoms with Gasteiger partial charge in [-0.05, 0) is 31.2 Å². The summed E-state index contributed by atoms with van der Waals surface area (Å²) in [5.41, 5.74) is 1.39. The van der Waals surface area contributed by atoms with Gasteiger partial charge in [0.15, 0.2) is 11.8 Å². The highest BCUT2D eigenvalue weighted by atomic mass is 16.5. The Morgan fingerprint density at radius 1 is 1.26 bits per heavy atom. The van der Waals surface area contributed by atoms with Gasteiger partial charge in [-0.2, -0.15) is 5.10 Å². The molecule has 2 aromatic rings. The van der Waals surface area contributed by atoms with E-state index >= 15 is 0 Å². The molecule has 0 radical (unpaired) electrons. The van der Waals surface area contributed by atoms with E-state index in [1.54, 1.807) is 7.11 Å². The summed E-state index contributed by atoms with van der Waals surface area (Å²) in [5.74, 6) is 3.31. The highest BCUT2D eigenvalue weighted by Gasteiger charge is 2.29. The van der Waals surface area contributed by atoms with E-state index in [1.165, 1.54) is 12.0 Å². The molecule has 1 aromatic heterocycles. The van der Waals surface area contributed by atoms with Crippen LogP contribution in [0.5, 0.6) is 0 Å². The van der Waals surface area contributed by atoms with Crippen molar-refractivity contribution in [2.24, 2.45) is 10.9 Å². The second-order valence-electron chi connectivity index (χ2n) is 8.76. The molecule has 2 aliphatic heterocycles. The zero-order chi connectivity index (χ0) is 21.6. The van der Waals surface area contributed by atoms with Crippen LogP contribution in [-0.4, -0.2) is 65.0 Å². The standard InChI is InChI=1S/C23H35N7O/c1-17-11-19(14-29(17)13-18-7-5-4-6-8-18)12-25-23(24-2)26-20-9-10-22-27-21(16-31-3)28-30(22)15-20/h4-8,17,19-20H,9-16H2,1-3H3,(H2,24,25,26). The van der Waals surface area contributed by atoms with Crippen molar-refractivity contribution in [1.29, 1.82) is 0 Å². The van der Waals surface area contributed by atoms with Crippen LogP contribution in [0.3, 0.4) is 0 Å². The second kappa shape index (κ2) is 10.2. The first-order valence-electron chi connectivity index (χ1n) is 11.3. The topological polar surface area (TPSA) is 79.6 Å². The molecule has 2 N–H and O–H groups in total. The average molecular weight is 426 g/mol. The monoisotopic (exact) mass is 425 g/mol. The lowest BCUT2D eigenvalue weighted by atomic mass is 10.1. The number of nitrogens with zero attached hydrogens (tertiary/aromatic N) is 5. The van der Waals surface area contributed by atoms with E-state index in [1.807, 2.05) is 11.7 Å². The summed E-state index contributed by atoms with van der Waals surface area (Å²) < 4.78 is 7.16. The molecule has 4 rings (SSSR count). The maximum absolute atomic E-state index is 5.16. The van der Waals surface area contributed by atoms with Gasteiger partial charge in [0, 0.05) is 52.3 Å². The van der Waals surface area contributed by atoms with Crippen LogP contribution in [0.1, 0.15) is 37.0 Å². The number of fused-ring (bicyclic) bond motifs is 1. The van der Waals surface area contributed by atoms with Gasteiger partial charge in [-0.3, -0.25) is 9.89 Å². The summed E-state index contributed by atoms with van der Waals surface area (Å²) in [6.07, 6.45) is 3.15. The van der Waals surface area contributed by atoms with Crippen molar-refractivity contribution in [2.75, 3.05) is 27.2 Å². The Morgan fingerprint density at radius 3 is 2.87 bits per heavy atom. The molecule has 1 aromatic carbocycles. The molecule has 2 aliphatic rings. The molecule has 0 amide bonds. The van der Waals surface area contributed by atoms with Crippen LogP contribution in [0.4, 0.5) is 0 Å². The zero-order valence-corrected chi connectivity index (χ0v) is 18.9. The first-order valence-corrected chi connectivity index (χ1v) is 11.3. The van der Waals surface area contributed by atoms with Gasteiger partial charge >= 0.3 is 0 Å². The first kappa shape index (κ1) is 21.8. The van der Waals surface area contributed by atoms with E-state index in [0.717, 1.165) is 56.6 Å². The van der Waals surface area contributed by atoms with Gasteiger partial charge < -0.3 is 15.4 Å². The van der Waals surface area contributed by atoms with Crippen LogP contribution in [0.2, 0.25) is 0 Å². The average Bonchev–Trinajstić information content (AvgIpc) is 3.34. The minimum absolute atomic E-state index is 0.299. The Hall–Kier alpha value is -2.45. The molecule has 8 nitrogen and oxygen atoms in total. The number of rotatable bonds is 7. The van der Waals surface area contributed by atoms with E-state index in [4.69, 9.17) is 4.74 Å². The van der Waals surface area contributed by atoms with Crippen LogP contribution < -0.4 is 10.6 Å². The lowest BCUT2D eigenvalue weighted by Gasteiger charge is -2.26. The van der Waals surface area contributed by atoms with Gasteiger partial charge in [0.2, 0.25) is 0 Å². The zero-order valence-electron chi connectivity index (χ0n) is 18.9. The van der Waals surface area contributed by atoms with E-state index < -0.39 is 0 Å². The van der Waals surface area contributed by atoms with Gasteiger partial charge in [-0.25, -0.2) is 9.67 Å². The first-order chi connectivity index (χ1) is 15.1. The van der Waals surface area contributed by atoms with Crippen molar-refractivity contribution in [3.8, 4) is 0 Å². The quantitative estimate of drug-likeness (QED) is 0.520. The van der Waals surface area contributed by atoms with Crippen LogP contribution in [0.15, 0.2) is 35.3 Å². The molecule has 31 heavy (non-hydrogen) atoms. The fraction of sp³-hybridized carbons (Fsp3) is 0.609. The Balaban J connectivity index is 1.24. The number of aryl methyl sites for hydroxylation is 1. The maximum atomic E-state index is 5.16. The summed E-state index contributed by atoms with van der Waals surface area (Å²) in [7, 11) is 3.51. The third kappa shape index (κ3) is 5.62. The number of hydrogen-bond donors (Lipinski definition) is 2. The second-order valence-corrected chi connectivity index (χ2v) is 8.76. The Morgan fingerprint density at radius 2 is 2.10 bits per heavy atom. The SMILES string of the molecule is CN=C(NCC1CC(C)N(Cc2ccccc2)C1)NC1CCc2nc(COC)nn2C1. The third-order valence-electron chi connectivity index (χ3n) is 6.32. The molecule has 0 aliphatic carbocycles. The van der Waals surface area contributed by atoms with Gasteiger partial charge in [0.25, 0.3) is 0 Å². The number of likely N-dealkylation sites (tertiary alicyclic amines) is 1. The van der Waals surface area contributed by atoms with Crippen molar-refractivity contribution in [2.45, 2.75) is 58.0 Å². The predicted molar refractivity (Wildman–Crippen MR) is 122 cm³/mol. The van der Waals surface area contributed by atoms with Crippen molar-refractivity contribution in [3.05, 3.63) is 47.5 Å². The fourth-order valence-electron chi connectivity index (χ4n) is 4.70. The van der Waals surface area contributed by atoms with Crippen LogP contribution >= 0.6 is 0 Å². The van der Waals surface area contributed by atoms with Gasteiger partial charge in [-0.1, -0.05) is 30.3 Å². The minimum atomic E-state index is 0.299. The van der Waals surface area contributed by atoms with Gasteiger partial charge in [-0.15, -0.1) is 0 Å². The summed E-state index contributed by atoms with van der Waals surface area (Å²) in [4.78, 5) is 11.6. The molecule has 1 fully saturated rings. The number of guanidine groups is 1. The Bertz CT molecular complexity index is 866. The molecule has 168 valence electrons. The maximum Gasteiger partial charge on any atom is 0.191 e. The van der Waals surface area contributed by atoms with Gasteiger partial charge in [0.1, 0.15) is 12.4 Å². The molecule has 0 saturated carbocycles. The normalized spacial score (nSPS) is 24.2. The van der Waals surface area contributed by atoms with Crippen molar-refractivity contribution in [3.63, 3.8) is 0 Å². The van der Waals surface area contributed by atoms with E-state index in [0.29, 0.717) is 24.6 Å². The number of aliphatic imine (C=N–C) groups is 1. The predicted octanol–water partition coefficient (Wildman–Crippen LogP) is 1.81. The number of aromatic nitrogens is 3. The number of hydrogen-bond acceptors (Lipinski definition) is 5. The molecular weight excluding hydrogens is 390 g/mol. The Kier molecular flexibility index (Phi) is 7.19. The lowest BCUT2D eigenvalue weighted by molar-refractivity contribution is 0.177. The van der Waals surface area contributed by atoms with Crippen LogP contribution in [0.25, 0.3) is 0 Å². The highest BCUT2D eigenvalue weighted by molar-refractivity contribution is 5.79. The number of benzene rings is 1. The molecule has 0 spiro atoms. The third-order valence-corrected chi connectivity index (χ3v) is 6.32. The summed E-state index contributed by atoms with van der Waals surface area (Å²) in [6, 6.07) is 11.7. The highest BCUT2D eigenvalue weighted by Crippen LogP contribution is 2.24. The van der Waals surface area contributed by atoms with Crippen molar-refractivity contribution < 1.29 is 4.74 Å². The van der Waals surface area contributed by atoms with Crippen molar-refractivity contribution in [1.82, 2.24) is 30.3 Å². The minimum Gasteiger partial charge on any atom is -0.377 e. The van der Waals surface area contributed by atoms with E-state index in [9.17, 15) is 0 Å². The summed E-state index contributed by atoms with van der Waals surface area (Å²) >= 11 is 0. The molecule has 1 saturated heterocycles. The molecule has 3 atom stereocenters. The number of ether oxygens (including phenoxy) is 1. The lowest BCUT2D eigenvalue weighted by Crippen LogP contribution is -2.48. The largest absolute Gasteiger partial charge is 0.377 e. The van der Waals surface area contributed by atoms with E-state index in [-0.39, 0.29) is 0 Å². The van der Waals surface area contributed by atoms with Crippen molar-refractivity contribution >= 4 is 5.96 Å².